The van der Waals surface area contributed by atoms with Gasteiger partial charge in [0.1, 0.15) is 5.82 Å². The van der Waals surface area contributed by atoms with Crippen molar-refractivity contribution in [1.29, 1.82) is 0 Å². The van der Waals surface area contributed by atoms with E-state index < -0.39 is 0 Å². The molecule has 0 N–H and O–H groups in total. The van der Waals surface area contributed by atoms with Crippen LogP contribution in [-0.4, -0.2) is 9.55 Å². The highest BCUT2D eigenvalue weighted by Gasteiger charge is 2.22. The fourth-order valence-corrected chi connectivity index (χ4v) is 3.13. The number of aromatic nitrogens is 2. The summed E-state index contributed by atoms with van der Waals surface area (Å²) < 4.78 is 2.46. The molecule has 2 heteroatoms. The van der Waals surface area contributed by atoms with E-state index >= 15 is 0 Å². The molecule has 1 aromatic heterocycles. The molecule has 0 spiro atoms. The number of benzene rings is 1. The Hall–Kier alpha value is -1.31. The van der Waals surface area contributed by atoms with Crippen LogP contribution in [0.1, 0.15) is 44.5 Å². The Balaban J connectivity index is 2.02. The van der Waals surface area contributed by atoms with Crippen molar-refractivity contribution in [2.75, 3.05) is 0 Å². The second kappa shape index (κ2) is 4.17. The molecule has 0 unspecified atom stereocenters. The van der Waals surface area contributed by atoms with Crippen LogP contribution in [0.3, 0.4) is 0 Å². The molecule has 0 saturated heterocycles. The minimum atomic E-state index is 0.665. The van der Waals surface area contributed by atoms with Crippen molar-refractivity contribution in [2.24, 2.45) is 5.92 Å². The Labute approximate surface area is 103 Å². The average Bonchev–Trinajstić information content (AvgIpc) is 2.66. The molecule has 1 heterocycles. The van der Waals surface area contributed by atoms with E-state index in [1.54, 1.807) is 0 Å². The third-order valence-electron chi connectivity index (χ3n) is 4.12. The van der Waals surface area contributed by atoms with Crippen molar-refractivity contribution < 1.29 is 0 Å². The minimum Gasteiger partial charge on any atom is -0.325 e. The summed E-state index contributed by atoms with van der Waals surface area (Å²) in [5.41, 5.74) is 2.45. The molecule has 1 aliphatic carbocycles. The minimum absolute atomic E-state index is 0.665. The fourth-order valence-electron chi connectivity index (χ4n) is 3.13. The lowest BCUT2D eigenvalue weighted by Gasteiger charge is -2.28. The molecule has 2 aromatic rings. The van der Waals surface area contributed by atoms with Crippen molar-refractivity contribution in [3.05, 3.63) is 30.1 Å². The van der Waals surface area contributed by atoms with Gasteiger partial charge in [-0.2, -0.15) is 0 Å². The number of rotatable bonds is 1. The summed E-state index contributed by atoms with van der Waals surface area (Å²) in [6.07, 6.45) is 5.33. The van der Waals surface area contributed by atoms with E-state index in [1.165, 1.54) is 37.0 Å². The molecule has 3 rings (SSSR count). The lowest BCUT2D eigenvalue weighted by atomic mass is 9.87. The van der Waals surface area contributed by atoms with E-state index in [9.17, 15) is 0 Å². The van der Waals surface area contributed by atoms with Gasteiger partial charge in [-0.25, -0.2) is 4.98 Å². The number of para-hydroxylation sites is 2. The Morgan fingerprint density at radius 3 is 2.59 bits per heavy atom. The highest BCUT2D eigenvalue weighted by atomic mass is 15.1. The van der Waals surface area contributed by atoms with Crippen LogP contribution in [0.25, 0.3) is 11.0 Å². The number of imidazole rings is 1. The Kier molecular flexibility index (Phi) is 2.65. The number of nitrogens with zero attached hydrogens (tertiary/aromatic N) is 2. The van der Waals surface area contributed by atoms with Gasteiger partial charge in [0, 0.05) is 6.04 Å². The molecule has 1 aromatic carbocycles. The first-order chi connectivity index (χ1) is 8.25. The maximum Gasteiger partial charge on any atom is 0.106 e. The van der Waals surface area contributed by atoms with Gasteiger partial charge >= 0.3 is 0 Å². The molecule has 17 heavy (non-hydrogen) atoms. The van der Waals surface area contributed by atoms with Crippen LogP contribution >= 0.6 is 0 Å². The molecule has 90 valence electrons. The van der Waals surface area contributed by atoms with Gasteiger partial charge in [0.15, 0.2) is 0 Å². The second-order valence-electron chi connectivity index (χ2n) is 5.43. The first-order valence-corrected chi connectivity index (χ1v) is 6.69. The van der Waals surface area contributed by atoms with Crippen LogP contribution in [0.15, 0.2) is 24.3 Å². The summed E-state index contributed by atoms with van der Waals surface area (Å²) >= 11 is 0. The quantitative estimate of drug-likeness (QED) is 0.718. The topological polar surface area (TPSA) is 17.8 Å². The van der Waals surface area contributed by atoms with Crippen molar-refractivity contribution in [3.63, 3.8) is 0 Å². The van der Waals surface area contributed by atoms with Crippen molar-refractivity contribution in [2.45, 2.75) is 45.6 Å². The SMILES string of the molecule is Cc1nc2ccccc2n1C1CCC(C)CC1. The summed E-state index contributed by atoms with van der Waals surface area (Å²) in [4.78, 5) is 4.67. The predicted molar refractivity (Wildman–Crippen MR) is 71.1 cm³/mol. The van der Waals surface area contributed by atoms with Gasteiger partial charge in [-0.05, 0) is 50.7 Å². The van der Waals surface area contributed by atoms with Gasteiger partial charge in [0.05, 0.1) is 11.0 Å². The van der Waals surface area contributed by atoms with E-state index in [2.05, 4.69) is 47.7 Å². The summed E-state index contributed by atoms with van der Waals surface area (Å²) in [6.45, 7) is 4.51. The van der Waals surface area contributed by atoms with Crippen LogP contribution in [0.5, 0.6) is 0 Å². The molecule has 1 aliphatic rings. The van der Waals surface area contributed by atoms with Crippen LogP contribution in [0.4, 0.5) is 0 Å². The highest BCUT2D eigenvalue weighted by Crippen LogP contribution is 2.34. The van der Waals surface area contributed by atoms with Gasteiger partial charge in [-0.15, -0.1) is 0 Å². The zero-order valence-electron chi connectivity index (χ0n) is 10.7. The largest absolute Gasteiger partial charge is 0.325 e. The fraction of sp³-hybridized carbons (Fsp3) is 0.533. The molecule has 0 aliphatic heterocycles. The van der Waals surface area contributed by atoms with Crippen LogP contribution in [0, 0.1) is 12.8 Å². The Bertz CT molecular complexity index is 519. The predicted octanol–water partition coefficient (Wildman–Crippen LogP) is 4.10. The first kappa shape index (κ1) is 10.8. The lowest BCUT2D eigenvalue weighted by Crippen LogP contribution is -2.17. The van der Waals surface area contributed by atoms with Crippen molar-refractivity contribution >= 4 is 11.0 Å². The smallest absolute Gasteiger partial charge is 0.106 e. The average molecular weight is 228 g/mol. The third kappa shape index (κ3) is 1.86. The third-order valence-corrected chi connectivity index (χ3v) is 4.12. The van der Waals surface area contributed by atoms with Crippen LogP contribution in [0.2, 0.25) is 0 Å². The van der Waals surface area contributed by atoms with Crippen molar-refractivity contribution in [1.82, 2.24) is 9.55 Å². The molecular weight excluding hydrogens is 208 g/mol. The maximum absolute atomic E-state index is 4.67. The van der Waals surface area contributed by atoms with Crippen LogP contribution < -0.4 is 0 Å². The number of fused-ring (bicyclic) bond motifs is 1. The normalized spacial score (nSPS) is 25.3. The number of aryl methyl sites for hydroxylation is 1. The number of hydrogen-bond acceptors (Lipinski definition) is 1. The summed E-state index contributed by atoms with van der Waals surface area (Å²) in [5, 5.41) is 0. The van der Waals surface area contributed by atoms with Gasteiger partial charge in [0.25, 0.3) is 0 Å². The molecule has 0 atom stereocenters. The molecular formula is C15H20N2. The Morgan fingerprint density at radius 1 is 1.12 bits per heavy atom. The van der Waals surface area contributed by atoms with E-state index in [1.807, 2.05) is 0 Å². The molecule has 1 saturated carbocycles. The second-order valence-corrected chi connectivity index (χ2v) is 5.43. The monoisotopic (exact) mass is 228 g/mol. The maximum atomic E-state index is 4.67. The molecule has 1 fully saturated rings. The molecule has 0 bridgehead atoms. The molecule has 0 amide bonds. The van der Waals surface area contributed by atoms with Gasteiger partial charge in [-0.3, -0.25) is 0 Å². The van der Waals surface area contributed by atoms with E-state index in [-0.39, 0.29) is 0 Å². The highest BCUT2D eigenvalue weighted by molar-refractivity contribution is 5.76. The van der Waals surface area contributed by atoms with Gasteiger partial charge in [-0.1, -0.05) is 19.1 Å². The summed E-state index contributed by atoms with van der Waals surface area (Å²) in [6, 6.07) is 9.17. The van der Waals surface area contributed by atoms with Gasteiger partial charge < -0.3 is 4.57 Å². The number of hydrogen-bond donors (Lipinski definition) is 0. The van der Waals surface area contributed by atoms with Crippen LogP contribution in [-0.2, 0) is 0 Å². The van der Waals surface area contributed by atoms with Gasteiger partial charge in [0.2, 0.25) is 0 Å². The standard InChI is InChI=1S/C15H20N2/c1-11-7-9-13(10-8-11)17-12(2)16-14-5-3-4-6-15(14)17/h3-6,11,13H,7-10H2,1-2H3. The van der Waals surface area contributed by atoms with E-state index in [0.29, 0.717) is 6.04 Å². The Morgan fingerprint density at radius 2 is 1.82 bits per heavy atom. The van der Waals surface area contributed by atoms with E-state index in [0.717, 1.165) is 11.4 Å². The van der Waals surface area contributed by atoms with E-state index in [4.69, 9.17) is 0 Å². The summed E-state index contributed by atoms with van der Waals surface area (Å²) in [7, 11) is 0. The summed E-state index contributed by atoms with van der Waals surface area (Å²) in [5.74, 6) is 2.08. The zero-order valence-corrected chi connectivity index (χ0v) is 10.7. The van der Waals surface area contributed by atoms with Crippen molar-refractivity contribution in [3.8, 4) is 0 Å². The zero-order chi connectivity index (χ0) is 11.8. The molecule has 0 radical (unpaired) electrons. The lowest BCUT2D eigenvalue weighted by molar-refractivity contribution is 0.291. The first-order valence-electron chi connectivity index (χ1n) is 6.69. The molecule has 2 nitrogen and oxygen atoms in total.